The van der Waals surface area contributed by atoms with Gasteiger partial charge in [0.15, 0.2) is 6.29 Å². The third-order valence-corrected chi connectivity index (χ3v) is 2.94. The Balaban J connectivity index is 1.84. The molecule has 0 N–H and O–H groups in total. The van der Waals surface area contributed by atoms with Crippen molar-refractivity contribution in [2.45, 2.75) is 0 Å². The lowest BCUT2D eigenvalue weighted by Gasteiger charge is -2.10. The third-order valence-electron chi connectivity index (χ3n) is 2.45. The van der Waals surface area contributed by atoms with Crippen LogP contribution in [0.4, 0.5) is 0 Å². The average molecular weight is 321 g/mol. The van der Waals surface area contributed by atoms with E-state index in [9.17, 15) is 4.79 Å². The number of ether oxygens (including phenoxy) is 2. The van der Waals surface area contributed by atoms with Gasteiger partial charge in [-0.1, -0.05) is 34.1 Å². The standard InChI is InChI=1S/C15H13BrO3/c16-13-6-7-15(12(10-13)11-17)19-9-8-18-14-4-2-1-3-5-14/h1-7,10-11H,8-9H2. The molecule has 0 unspecified atom stereocenters. The summed E-state index contributed by atoms with van der Waals surface area (Å²) in [5.41, 5.74) is 0.522. The van der Waals surface area contributed by atoms with E-state index >= 15 is 0 Å². The molecule has 3 nitrogen and oxygen atoms in total. The smallest absolute Gasteiger partial charge is 0.153 e. The van der Waals surface area contributed by atoms with Crippen molar-refractivity contribution in [3.05, 3.63) is 58.6 Å². The van der Waals surface area contributed by atoms with E-state index < -0.39 is 0 Å². The zero-order valence-electron chi connectivity index (χ0n) is 10.2. The zero-order valence-corrected chi connectivity index (χ0v) is 11.8. The van der Waals surface area contributed by atoms with Gasteiger partial charge in [0.1, 0.15) is 24.7 Å². The van der Waals surface area contributed by atoms with E-state index in [1.165, 1.54) is 0 Å². The summed E-state index contributed by atoms with van der Waals surface area (Å²) in [5.74, 6) is 1.37. The van der Waals surface area contributed by atoms with Gasteiger partial charge in [0.2, 0.25) is 0 Å². The zero-order chi connectivity index (χ0) is 13.5. The highest BCUT2D eigenvalue weighted by atomic mass is 79.9. The minimum Gasteiger partial charge on any atom is -0.490 e. The summed E-state index contributed by atoms with van der Waals surface area (Å²) in [6, 6.07) is 14.8. The molecular formula is C15H13BrO3. The molecule has 0 heterocycles. The molecular weight excluding hydrogens is 308 g/mol. The lowest BCUT2D eigenvalue weighted by Crippen LogP contribution is -2.09. The highest BCUT2D eigenvalue weighted by molar-refractivity contribution is 9.10. The molecule has 0 amide bonds. The van der Waals surface area contributed by atoms with Crippen LogP contribution in [0.25, 0.3) is 0 Å². The topological polar surface area (TPSA) is 35.5 Å². The average Bonchev–Trinajstić information content (AvgIpc) is 2.46. The van der Waals surface area contributed by atoms with Gasteiger partial charge in [0.25, 0.3) is 0 Å². The first-order valence-electron chi connectivity index (χ1n) is 5.85. The normalized spacial score (nSPS) is 9.95. The second kappa shape index (κ2) is 6.95. The molecule has 0 radical (unpaired) electrons. The summed E-state index contributed by atoms with van der Waals surface area (Å²) in [6.45, 7) is 0.815. The van der Waals surface area contributed by atoms with E-state index in [4.69, 9.17) is 9.47 Å². The lowest BCUT2D eigenvalue weighted by atomic mass is 10.2. The van der Waals surface area contributed by atoms with Crippen LogP contribution in [0.15, 0.2) is 53.0 Å². The Morgan fingerprint density at radius 1 is 1.00 bits per heavy atom. The number of carbonyl (C=O) groups excluding carboxylic acids is 1. The second-order valence-electron chi connectivity index (χ2n) is 3.81. The Kier molecular flexibility index (Phi) is 4.98. The third kappa shape index (κ3) is 4.10. The van der Waals surface area contributed by atoms with Crippen LogP contribution in [-0.4, -0.2) is 19.5 Å². The van der Waals surface area contributed by atoms with Gasteiger partial charge < -0.3 is 9.47 Å². The molecule has 19 heavy (non-hydrogen) atoms. The number of para-hydroxylation sites is 1. The largest absolute Gasteiger partial charge is 0.490 e. The van der Waals surface area contributed by atoms with Gasteiger partial charge in [-0.05, 0) is 30.3 Å². The minimum absolute atomic E-state index is 0.386. The summed E-state index contributed by atoms with van der Waals surface area (Å²) in [6.07, 6.45) is 0.776. The van der Waals surface area contributed by atoms with E-state index in [1.54, 1.807) is 12.1 Å². The number of carbonyl (C=O) groups is 1. The highest BCUT2D eigenvalue weighted by Crippen LogP contribution is 2.21. The number of aldehydes is 1. The molecule has 0 aliphatic rings. The predicted octanol–water partition coefficient (Wildman–Crippen LogP) is 3.72. The first-order chi connectivity index (χ1) is 9.29. The number of hydrogen-bond donors (Lipinski definition) is 0. The van der Waals surface area contributed by atoms with E-state index in [-0.39, 0.29) is 0 Å². The van der Waals surface area contributed by atoms with Crippen molar-refractivity contribution in [1.29, 1.82) is 0 Å². The summed E-state index contributed by atoms with van der Waals surface area (Å²) in [5, 5.41) is 0. The second-order valence-corrected chi connectivity index (χ2v) is 4.73. The molecule has 0 spiro atoms. The summed E-state index contributed by atoms with van der Waals surface area (Å²) < 4.78 is 11.9. The Bertz CT molecular complexity index is 540. The molecule has 2 aromatic rings. The molecule has 4 heteroatoms. The lowest BCUT2D eigenvalue weighted by molar-refractivity contribution is 0.111. The quantitative estimate of drug-likeness (QED) is 0.601. The van der Waals surface area contributed by atoms with Crippen LogP contribution >= 0.6 is 15.9 Å². The Labute approximate surface area is 120 Å². The van der Waals surface area contributed by atoms with E-state index in [1.807, 2.05) is 36.4 Å². The molecule has 0 aliphatic heterocycles. The maximum atomic E-state index is 10.9. The molecule has 2 rings (SSSR count). The summed E-state index contributed by atoms with van der Waals surface area (Å²) >= 11 is 3.31. The van der Waals surface area contributed by atoms with Crippen molar-refractivity contribution in [1.82, 2.24) is 0 Å². The number of rotatable bonds is 6. The fraction of sp³-hybridized carbons (Fsp3) is 0.133. The van der Waals surface area contributed by atoms with Gasteiger partial charge in [-0.15, -0.1) is 0 Å². The Hall–Kier alpha value is -1.81. The highest BCUT2D eigenvalue weighted by Gasteiger charge is 2.03. The molecule has 0 fully saturated rings. The summed E-state index contributed by atoms with van der Waals surface area (Å²) in [4.78, 5) is 10.9. The SMILES string of the molecule is O=Cc1cc(Br)ccc1OCCOc1ccccc1. The predicted molar refractivity (Wildman–Crippen MR) is 77.0 cm³/mol. The van der Waals surface area contributed by atoms with Crippen LogP contribution in [0.3, 0.4) is 0 Å². The van der Waals surface area contributed by atoms with Gasteiger partial charge in [-0.2, -0.15) is 0 Å². The van der Waals surface area contributed by atoms with Crippen molar-refractivity contribution in [2.75, 3.05) is 13.2 Å². The van der Waals surface area contributed by atoms with Crippen molar-refractivity contribution in [3.63, 3.8) is 0 Å². The maximum absolute atomic E-state index is 10.9. The molecule has 0 aromatic heterocycles. The first-order valence-corrected chi connectivity index (χ1v) is 6.64. The summed E-state index contributed by atoms with van der Waals surface area (Å²) in [7, 11) is 0. The molecule has 0 saturated heterocycles. The molecule has 0 atom stereocenters. The Morgan fingerprint density at radius 2 is 1.74 bits per heavy atom. The fourth-order valence-corrected chi connectivity index (χ4v) is 1.95. The van der Waals surface area contributed by atoms with Crippen molar-refractivity contribution in [2.24, 2.45) is 0 Å². The minimum atomic E-state index is 0.386. The number of halogens is 1. The molecule has 0 aliphatic carbocycles. The van der Waals surface area contributed by atoms with Gasteiger partial charge in [0, 0.05) is 4.47 Å². The molecule has 2 aromatic carbocycles. The number of benzene rings is 2. The van der Waals surface area contributed by atoms with Crippen molar-refractivity contribution < 1.29 is 14.3 Å². The Morgan fingerprint density at radius 3 is 2.47 bits per heavy atom. The van der Waals surface area contributed by atoms with Crippen molar-refractivity contribution in [3.8, 4) is 11.5 Å². The van der Waals surface area contributed by atoms with E-state index in [2.05, 4.69) is 15.9 Å². The molecule has 0 bridgehead atoms. The number of hydrogen-bond acceptors (Lipinski definition) is 3. The van der Waals surface area contributed by atoms with Crippen LogP contribution in [0.5, 0.6) is 11.5 Å². The van der Waals surface area contributed by atoms with Crippen LogP contribution in [0, 0.1) is 0 Å². The van der Waals surface area contributed by atoms with Gasteiger partial charge in [0.05, 0.1) is 5.56 Å². The van der Waals surface area contributed by atoms with Crippen molar-refractivity contribution >= 4 is 22.2 Å². The van der Waals surface area contributed by atoms with E-state index in [0.717, 1.165) is 16.5 Å². The van der Waals surface area contributed by atoms with Gasteiger partial charge in [-0.25, -0.2) is 0 Å². The van der Waals surface area contributed by atoms with Crippen LogP contribution in [0.1, 0.15) is 10.4 Å². The monoisotopic (exact) mass is 320 g/mol. The van der Waals surface area contributed by atoms with E-state index in [0.29, 0.717) is 24.5 Å². The van der Waals surface area contributed by atoms with Gasteiger partial charge in [-0.3, -0.25) is 4.79 Å². The molecule has 98 valence electrons. The fourth-order valence-electron chi connectivity index (χ4n) is 1.57. The first kappa shape index (κ1) is 13.6. The van der Waals surface area contributed by atoms with Crippen LogP contribution in [0.2, 0.25) is 0 Å². The molecule has 0 saturated carbocycles. The van der Waals surface area contributed by atoms with Crippen LogP contribution < -0.4 is 9.47 Å². The maximum Gasteiger partial charge on any atom is 0.153 e. The van der Waals surface area contributed by atoms with Gasteiger partial charge >= 0.3 is 0 Å². The van der Waals surface area contributed by atoms with Crippen LogP contribution in [-0.2, 0) is 0 Å².